The van der Waals surface area contributed by atoms with Gasteiger partial charge in [0.2, 0.25) is 0 Å². The first kappa shape index (κ1) is 15.8. The van der Waals surface area contributed by atoms with E-state index in [0.717, 1.165) is 10.0 Å². The van der Waals surface area contributed by atoms with Crippen molar-refractivity contribution in [2.45, 2.75) is 27.2 Å². The van der Waals surface area contributed by atoms with Crippen LogP contribution in [0.1, 0.15) is 25.0 Å². The van der Waals surface area contributed by atoms with Gasteiger partial charge in [0.15, 0.2) is 0 Å². The molecule has 0 saturated heterocycles. The van der Waals surface area contributed by atoms with Gasteiger partial charge in [-0.05, 0) is 24.1 Å². The van der Waals surface area contributed by atoms with Crippen LogP contribution in [0, 0.1) is 12.8 Å². The molecular formula is C13H15BrO3. The van der Waals surface area contributed by atoms with Gasteiger partial charge in [-0.25, -0.2) is 0 Å². The molecule has 0 aliphatic rings. The minimum atomic E-state index is 0.120. The number of ketones is 1. The summed E-state index contributed by atoms with van der Waals surface area (Å²) in [5.41, 5.74) is 2.28. The molecule has 0 atom stereocenters. The van der Waals surface area contributed by atoms with Gasteiger partial charge < -0.3 is 0 Å². The zero-order chi connectivity index (χ0) is 13.4. The SMILES string of the molecule is Cc1ccc(CC(=O)C(C)C)cc1Br.O=C=O. The summed E-state index contributed by atoms with van der Waals surface area (Å²) in [5, 5.41) is 0. The van der Waals surface area contributed by atoms with Gasteiger partial charge >= 0.3 is 6.15 Å². The third-order valence-electron chi connectivity index (χ3n) is 2.26. The van der Waals surface area contributed by atoms with Crippen molar-refractivity contribution >= 4 is 27.9 Å². The van der Waals surface area contributed by atoms with Crippen LogP contribution in [0.15, 0.2) is 22.7 Å². The lowest BCUT2D eigenvalue weighted by Gasteiger charge is -2.05. The van der Waals surface area contributed by atoms with Crippen LogP contribution in [0.2, 0.25) is 0 Å². The summed E-state index contributed by atoms with van der Waals surface area (Å²) in [6.45, 7) is 5.91. The topological polar surface area (TPSA) is 51.2 Å². The van der Waals surface area contributed by atoms with Crippen molar-refractivity contribution in [1.82, 2.24) is 0 Å². The van der Waals surface area contributed by atoms with E-state index in [9.17, 15) is 4.79 Å². The van der Waals surface area contributed by atoms with Crippen molar-refractivity contribution in [2.75, 3.05) is 0 Å². The molecule has 0 amide bonds. The average molecular weight is 299 g/mol. The minimum Gasteiger partial charge on any atom is -0.299 e. The number of carbonyl (C=O) groups is 1. The van der Waals surface area contributed by atoms with E-state index in [1.165, 1.54) is 5.56 Å². The summed E-state index contributed by atoms with van der Waals surface area (Å²) in [7, 11) is 0. The van der Waals surface area contributed by atoms with Crippen molar-refractivity contribution in [1.29, 1.82) is 0 Å². The zero-order valence-electron chi connectivity index (χ0n) is 10.1. The Hall–Kier alpha value is -1.25. The maximum atomic E-state index is 11.5. The highest BCUT2D eigenvalue weighted by molar-refractivity contribution is 9.10. The molecule has 0 bridgehead atoms. The maximum absolute atomic E-state index is 11.5. The van der Waals surface area contributed by atoms with E-state index in [2.05, 4.69) is 15.9 Å². The highest BCUT2D eigenvalue weighted by Gasteiger charge is 2.08. The van der Waals surface area contributed by atoms with Crippen LogP contribution in [0.5, 0.6) is 0 Å². The third-order valence-corrected chi connectivity index (χ3v) is 3.11. The Kier molecular flexibility index (Phi) is 7.35. The summed E-state index contributed by atoms with van der Waals surface area (Å²) in [5.74, 6) is 0.413. The van der Waals surface area contributed by atoms with E-state index in [-0.39, 0.29) is 12.1 Å². The molecule has 0 radical (unpaired) electrons. The molecule has 1 aromatic carbocycles. The summed E-state index contributed by atoms with van der Waals surface area (Å²) in [4.78, 5) is 27.7. The molecule has 1 rings (SSSR count). The number of hydrogen-bond donors (Lipinski definition) is 0. The fourth-order valence-corrected chi connectivity index (χ4v) is 1.58. The number of aryl methyl sites for hydroxylation is 1. The Balaban J connectivity index is 0.000000770. The van der Waals surface area contributed by atoms with Crippen molar-refractivity contribution in [3.63, 3.8) is 0 Å². The van der Waals surface area contributed by atoms with Crippen molar-refractivity contribution < 1.29 is 14.4 Å². The predicted molar refractivity (Wildman–Crippen MR) is 67.4 cm³/mol. The van der Waals surface area contributed by atoms with E-state index in [1.54, 1.807) is 0 Å². The van der Waals surface area contributed by atoms with Gasteiger partial charge in [-0.15, -0.1) is 0 Å². The molecule has 4 heteroatoms. The number of halogens is 1. The second-order valence-electron chi connectivity index (χ2n) is 3.96. The fourth-order valence-electron chi connectivity index (χ4n) is 1.15. The summed E-state index contributed by atoms with van der Waals surface area (Å²) in [6, 6.07) is 6.07. The van der Waals surface area contributed by atoms with Crippen molar-refractivity contribution in [2.24, 2.45) is 5.92 Å². The first-order valence-corrected chi connectivity index (χ1v) is 5.98. The monoisotopic (exact) mass is 298 g/mol. The predicted octanol–water partition coefficient (Wildman–Crippen LogP) is 2.94. The molecule has 3 nitrogen and oxygen atoms in total. The maximum Gasteiger partial charge on any atom is 0.373 e. The largest absolute Gasteiger partial charge is 0.373 e. The van der Waals surface area contributed by atoms with Crippen molar-refractivity contribution in [3.8, 4) is 0 Å². The molecule has 0 fully saturated rings. The van der Waals surface area contributed by atoms with Gasteiger partial charge in [0, 0.05) is 16.8 Å². The molecule has 0 aromatic heterocycles. The van der Waals surface area contributed by atoms with E-state index < -0.39 is 0 Å². The van der Waals surface area contributed by atoms with Gasteiger partial charge in [0.1, 0.15) is 5.78 Å². The summed E-state index contributed by atoms with van der Waals surface area (Å²) >= 11 is 3.46. The lowest BCUT2D eigenvalue weighted by molar-refractivity contribution is -0.191. The number of benzene rings is 1. The minimum absolute atomic E-state index is 0.120. The molecule has 0 spiro atoms. The van der Waals surface area contributed by atoms with E-state index in [4.69, 9.17) is 9.59 Å². The fraction of sp³-hybridized carbons (Fsp3) is 0.385. The summed E-state index contributed by atoms with van der Waals surface area (Å²) in [6.07, 6.45) is 0.788. The molecule has 0 heterocycles. The van der Waals surface area contributed by atoms with E-state index in [1.807, 2.05) is 39.0 Å². The van der Waals surface area contributed by atoms with Crippen LogP contribution >= 0.6 is 15.9 Å². The normalized spacial score (nSPS) is 9.24. The lowest BCUT2D eigenvalue weighted by atomic mass is 10.0. The number of hydrogen-bond acceptors (Lipinski definition) is 3. The van der Waals surface area contributed by atoms with Crippen LogP contribution in [-0.4, -0.2) is 11.9 Å². The van der Waals surface area contributed by atoms with Gasteiger partial charge in [-0.3, -0.25) is 4.79 Å². The number of carbonyl (C=O) groups excluding carboxylic acids is 3. The first-order valence-electron chi connectivity index (χ1n) is 5.19. The second kappa shape index (κ2) is 7.93. The quantitative estimate of drug-likeness (QED) is 0.862. The zero-order valence-corrected chi connectivity index (χ0v) is 11.7. The van der Waals surface area contributed by atoms with Crippen LogP contribution in [0.3, 0.4) is 0 Å². The van der Waals surface area contributed by atoms with E-state index in [0.29, 0.717) is 12.2 Å². The van der Waals surface area contributed by atoms with Gasteiger partial charge in [0.25, 0.3) is 0 Å². The van der Waals surface area contributed by atoms with Crippen LogP contribution < -0.4 is 0 Å². The van der Waals surface area contributed by atoms with Gasteiger partial charge in [-0.1, -0.05) is 41.9 Å². The van der Waals surface area contributed by atoms with Crippen LogP contribution in [-0.2, 0) is 20.8 Å². The van der Waals surface area contributed by atoms with E-state index >= 15 is 0 Å². The van der Waals surface area contributed by atoms with Crippen LogP contribution in [0.4, 0.5) is 0 Å². The molecule has 0 aliphatic carbocycles. The summed E-state index contributed by atoms with van der Waals surface area (Å²) < 4.78 is 1.08. The standard InChI is InChI=1S/C12H15BrO.CO2/c1-8(2)12(14)7-10-5-4-9(3)11(13)6-10;2-1-3/h4-6,8H,7H2,1-3H3;. The molecule has 0 N–H and O–H groups in total. The average Bonchev–Trinajstić information content (AvgIpc) is 2.24. The lowest BCUT2D eigenvalue weighted by Crippen LogP contribution is -2.10. The Morgan fingerprint density at radius 2 is 1.88 bits per heavy atom. The number of Topliss-reactive ketones (excluding diaryl/α,β-unsaturated/α-hetero) is 1. The van der Waals surface area contributed by atoms with Gasteiger partial charge in [0.05, 0.1) is 0 Å². The molecule has 1 aromatic rings. The first-order chi connectivity index (χ1) is 7.92. The number of rotatable bonds is 3. The van der Waals surface area contributed by atoms with Crippen molar-refractivity contribution in [3.05, 3.63) is 33.8 Å². The second-order valence-corrected chi connectivity index (χ2v) is 4.82. The van der Waals surface area contributed by atoms with Gasteiger partial charge in [-0.2, -0.15) is 9.59 Å². The molecular weight excluding hydrogens is 284 g/mol. The Morgan fingerprint density at radius 1 is 1.35 bits per heavy atom. The van der Waals surface area contributed by atoms with Crippen LogP contribution in [0.25, 0.3) is 0 Å². The molecule has 92 valence electrons. The third kappa shape index (κ3) is 6.15. The Morgan fingerprint density at radius 3 is 2.29 bits per heavy atom. The highest BCUT2D eigenvalue weighted by Crippen LogP contribution is 2.18. The molecule has 0 saturated carbocycles. The highest BCUT2D eigenvalue weighted by atomic mass is 79.9. The molecule has 0 unspecified atom stereocenters. The molecule has 0 aliphatic heterocycles. The smallest absolute Gasteiger partial charge is 0.299 e. The Bertz CT molecular complexity index is 419. The Labute approximate surface area is 109 Å². The molecule has 17 heavy (non-hydrogen) atoms.